The van der Waals surface area contributed by atoms with Crippen molar-refractivity contribution in [1.82, 2.24) is 0 Å². The van der Waals surface area contributed by atoms with Gasteiger partial charge in [-0.15, -0.1) is 0 Å². The Morgan fingerprint density at radius 3 is 1.09 bits per heavy atom. The molecule has 0 saturated carbocycles. The molecule has 8 heteroatoms. The van der Waals surface area contributed by atoms with Crippen molar-refractivity contribution in [3.63, 3.8) is 0 Å². The number of methoxy groups -OCH3 is 6. The van der Waals surface area contributed by atoms with Crippen LogP contribution >= 0.6 is 0 Å². The van der Waals surface area contributed by atoms with Gasteiger partial charge in [-0.3, -0.25) is 9.59 Å². The van der Waals surface area contributed by atoms with Gasteiger partial charge in [0.05, 0.1) is 49.1 Å². The van der Waals surface area contributed by atoms with Gasteiger partial charge in [-0.2, -0.15) is 0 Å². The number of rotatable bonds is 14. The summed E-state index contributed by atoms with van der Waals surface area (Å²) in [6.45, 7) is 0. The van der Waals surface area contributed by atoms with Crippen molar-refractivity contribution in [2.45, 2.75) is 32.1 Å². The highest BCUT2D eigenvalue weighted by molar-refractivity contribution is 5.99. The number of ketones is 2. The van der Waals surface area contributed by atoms with Crippen LogP contribution in [0.5, 0.6) is 34.5 Å². The molecule has 0 aliphatic rings. The average molecular weight is 461 g/mol. The van der Waals surface area contributed by atoms with E-state index in [1.54, 1.807) is 52.7 Å². The molecular formula is C25H32O8. The van der Waals surface area contributed by atoms with E-state index in [1.807, 2.05) is 0 Å². The lowest BCUT2D eigenvalue weighted by atomic mass is 10.0. The van der Waals surface area contributed by atoms with E-state index in [1.165, 1.54) is 14.2 Å². The van der Waals surface area contributed by atoms with E-state index < -0.39 is 0 Å². The largest absolute Gasteiger partial charge is 0.493 e. The van der Waals surface area contributed by atoms with Crippen molar-refractivity contribution in [2.24, 2.45) is 0 Å². The molecule has 8 nitrogen and oxygen atoms in total. The first-order chi connectivity index (χ1) is 15.9. The first-order valence-electron chi connectivity index (χ1n) is 10.5. The normalized spacial score (nSPS) is 10.4. The Kier molecular flexibility index (Phi) is 9.84. The minimum Gasteiger partial charge on any atom is -0.493 e. The Bertz CT molecular complexity index is 839. The fraction of sp³-hybridized carbons (Fsp3) is 0.440. The van der Waals surface area contributed by atoms with Gasteiger partial charge in [0.25, 0.3) is 0 Å². The van der Waals surface area contributed by atoms with Gasteiger partial charge in [0.15, 0.2) is 23.0 Å². The maximum absolute atomic E-state index is 12.4. The molecule has 0 aromatic heterocycles. The number of Topliss-reactive ketones (excluding diaryl/α,β-unsaturated/α-hetero) is 2. The molecule has 0 unspecified atom stereocenters. The number of hydrogen-bond acceptors (Lipinski definition) is 8. The zero-order valence-electron chi connectivity index (χ0n) is 20.1. The van der Waals surface area contributed by atoms with Gasteiger partial charge in [0.2, 0.25) is 11.5 Å². The Morgan fingerprint density at radius 1 is 0.545 bits per heavy atom. The third kappa shape index (κ3) is 6.78. The lowest BCUT2D eigenvalue weighted by Gasteiger charge is -2.14. The van der Waals surface area contributed by atoms with E-state index in [0.717, 1.165) is 11.1 Å². The van der Waals surface area contributed by atoms with Crippen LogP contribution in [0.4, 0.5) is 0 Å². The van der Waals surface area contributed by atoms with Gasteiger partial charge in [-0.25, -0.2) is 0 Å². The highest BCUT2D eigenvalue weighted by atomic mass is 16.5. The van der Waals surface area contributed by atoms with Crippen LogP contribution in [0.1, 0.15) is 30.4 Å². The number of hydrogen-bond donors (Lipinski definition) is 0. The summed E-state index contributed by atoms with van der Waals surface area (Å²) >= 11 is 0. The predicted molar refractivity (Wildman–Crippen MR) is 123 cm³/mol. The summed E-state index contributed by atoms with van der Waals surface area (Å²) in [7, 11) is 9.23. The molecule has 0 N–H and O–H groups in total. The first-order valence-corrected chi connectivity index (χ1v) is 10.5. The van der Waals surface area contributed by atoms with E-state index >= 15 is 0 Å². The number of carbonyl (C=O) groups excluding carboxylic acids is 2. The second kappa shape index (κ2) is 12.6. The number of benzene rings is 2. The summed E-state index contributed by atoms with van der Waals surface area (Å²) in [5.74, 6) is 2.88. The second-order valence-corrected chi connectivity index (χ2v) is 7.32. The summed E-state index contributed by atoms with van der Waals surface area (Å²) < 4.78 is 32.0. The zero-order chi connectivity index (χ0) is 24.4. The molecule has 0 fully saturated rings. The standard InChI is InChI=1S/C25H32O8/c1-28-20-11-16(12-21(29-2)24(20)32-5)7-9-18(26)15-19(27)10-8-17-13-22(30-3)25(33-6)23(14-17)31-4/h11-14H,7-10,15H2,1-6H3. The molecule has 0 atom stereocenters. The van der Waals surface area contributed by atoms with E-state index in [0.29, 0.717) is 47.3 Å². The van der Waals surface area contributed by atoms with Gasteiger partial charge in [0.1, 0.15) is 11.6 Å². The van der Waals surface area contributed by atoms with Crippen molar-refractivity contribution in [3.05, 3.63) is 35.4 Å². The molecule has 0 saturated heterocycles. The van der Waals surface area contributed by atoms with Gasteiger partial charge >= 0.3 is 0 Å². The lowest BCUT2D eigenvalue weighted by molar-refractivity contribution is -0.126. The van der Waals surface area contributed by atoms with Gasteiger partial charge in [0, 0.05) is 12.8 Å². The maximum atomic E-state index is 12.4. The van der Waals surface area contributed by atoms with Crippen LogP contribution in [-0.4, -0.2) is 54.2 Å². The lowest BCUT2D eigenvalue weighted by Crippen LogP contribution is -2.10. The van der Waals surface area contributed by atoms with Crippen LogP contribution in [-0.2, 0) is 22.4 Å². The highest BCUT2D eigenvalue weighted by Crippen LogP contribution is 2.39. The van der Waals surface area contributed by atoms with Gasteiger partial charge in [-0.05, 0) is 48.2 Å². The van der Waals surface area contributed by atoms with Crippen molar-refractivity contribution in [2.75, 3.05) is 42.7 Å². The molecule has 2 rings (SSSR count). The smallest absolute Gasteiger partial charge is 0.203 e. The van der Waals surface area contributed by atoms with E-state index in [9.17, 15) is 9.59 Å². The van der Waals surface area contributed by atoms with Crippen LogP contribution in [0.2, 0.25) is 0 Å². The van der Waals surface area contributed by atoms with Crippen molar-refractivity contribution in [1.29, 1.82) is 0 Å². The molecule has 33 heavy (non-hydrogen) atoms. The maximum Gasteiger partial charge on any atom is 0.203 e. The highest BCUT2D eigenvalue weighted by Gasteiger charge is 2.17. The van der Waals surface area contributed by atoms with Crippen LogP contribution in [0.25, 0.3) is 0 Å². The van der Waals surface area contributed by atoms with Crippen LogP contribution in [0.15, 0.2) is 24.3 Å². The van der Waals surface area contributed by atoms with Crippen molar-refractivity contribution in [3.8, 4) is 34.5 Å². The molecule has 0 bridgehead atoms. The third-order valence-electron chi connectivity index (χ3n) is 5.23. The average Bonchev–Trinajstić information content (AvgIpc) is 2.84. The molecule has 0 radical (unpaired) electrons. The Morgan fingerprint density at radius 2 is 0.848 bits per heavy atom. The van der Waals surface area contributed by atoms with Crippen molar-refractivity contribution >= 4 is 11.6 Å². The fourth-order valence-corrected chi connectivity index (χ4v) is 3.52. The van der Waals surface area contributed by atoms with E-state index in [-0.39, 0.29) is 30.8 Å². The third-order valence-corrected chi connectivity index (χ3v) is 5.23. The van der Waals surface area contributed by atoms with Gasteiger partial charge < -0.3 is 28.4 Å². The van der Waals surface area contributed by atoms with E-state index in [2.05, 4.69) is 0 Å². The van der Waals surface area contributed by atoms with Gasteiger partial charge in [-0.1, -0.05) is 0 Å². The molecular weight excluding hydrogens is 428 g/mol. The monoisotopic (exact) mass is 460 g/mol. The Labute approximate surface area is 194 Å². The quantitative estimate of drug-likeness (QED) is 0.393. The van der Waals surface area contributed by atoms with E-state index in [4.69, 9.17) is 28.4 Å². The molecule has 180 valence electrons. The number of carbonyl (C=O) groups is 2. The topological polar surface area (TPSA) is 89.5 Å². The first kappa shape index (κ1) is 25.8. The number of ether oxygens (including phenoxy) is 6. The molecule has 0 heterocycles. The zero-order valence-corrected chi connectivity index (χ0v) is 20.1. The molecule has 0 amide bonds. The summed E-state index contributed by atoms with van der Waals surface area (Å²) in [5, 5.41) is 0. The van der Waals surface area contributed by atoms with Crippen molar-refractivity contribution < 1.29 is 38.0 Å². The molecule has 0 aliphatic carbocycles. The molecule has 0 aliphatic heterocycles. The summed E-state index contributed by atoms with van der Waals surface area (Å²) in [6.07, 6.45) is 1.32. The predicted octanol–water partition coefficient (Wildman–Crippen LogP) is 3.83. The van der Waals surface area contributed by atoms with Crippen LogP contribution < -0.4 is 28.4 Å². The Hall–Kier alpha value is -3.42. The SMILES string of the molecule is COc1cc(CCC(=O)CC(=O)CCc2cc(OC)c(OC)c(OC)c2)cc(OC)c1OC. The number of aryl methyl sites for hydroxylation is 2. The molecule has 2 aromatic rings. The molecule has 0 spiro atoms. The molecule has 2 aromatic carbocycles. The van der Waals surface area contributed by atoms with Crippen LogP contribution in [0.3, 0.4) is 0 Å². The summed E-state index contributed by atoms with van der Waals surface area (Å²) in [4.78, 5) is 24.8. The fourth-order valence-electron chi connectivity index (χ4n) is 3.52. The minimum atomic E-state index is -0.112. The second-order valence-electron chi connectivity index (χ2n) is 7.32. The minimum absolute atomic E-state index is 0.102. The van der Waals surface area contributed by atoms with Crippen LogP contribution in [0, 0.1) is 0 Å². The summed E-state index contributed by atoms with van der Waals surface area (Å²) in [6, 6.07) is 7.23. The Balaban J connectivity index is 1.94. The summed E-state index contributed by atoms with van der Waals surface area (Å²) in [5.41, 5.74) is 1.73.